The van der Waals surface area contributed by atoms with Gasteiger partial charge in [-0.15, -0.1) is 0 Å². The van der Waals surface area contributed by atoms with Crippen molar-refractivity contribution < 1.29 is 63.0 Å². The first-order valence-corrected chi connectivity index (χ1v) is 22.8. The van der Waals surface area contributed by atoms with Gasteiger partial charge in [-0.05, 0) is 83.1 Å². The number of carbonyl (C=O) groups is 11. The number of unbranched alkanes of at least 4 members (excludes halogenated alkanes) is 1. The predicted octanol–water partition coefficient (Wildman–Crippen LogP) is -4.94. The molecule has 25 heteroatoms. The average molecular weight is 953 g/mol. The highest BCUT2D eigenvalue weighted by molar-refractivity contribution is 5.97. The highest BCUT2D eigenvalue weighted by Gasteiger charge is 2.35. The lowest BCUT2D eigenvalue weighted by atomic mass is 10.00. The smallest absolute Gasteiger partial charge is 0.326 e. The van der Waals surface area contributed by atoms with Crippen LogP contribution < -0.4 is 59.3 Å². The van der Waals surface area contributed by atoms with Crippen molar-refractivity contribution in [3.63, 3.8) is 0 Å². The van der Waals surface area contributed by atoms with Gasteiger partial charge >= 0.3 is 5.97 Å². The van der Waals surface area contributed by atoms with Gasteiger partial charge in [0.15, 0.2) is 0 Å². The lowest BCUT2D eigenvalue weighted by molar-refractivity contribution is -0.146. The number of carboxylic acid groups (broad SMARTS) is 1. The number of likely N-dealkylation sites (tertiary alicyclic amines) is 1. The molecule has 0 aromatic heterocycles. The lowest BCUT2D eigenvalue weighted by Crippen LogP contribution is -2.58. The molecule has 2 aliphatic rings. The Hall–Kier alpha value is -5.95. The second-order valence-electron chi connectivity index (χ2n) is 17.6. The van der Waals surface area contributed by atoms with E-state index in [-0.39, 0.29) is 51.1 Å². The number of aliphatic hydroxyl groups is 1. The first-order chi connectivity index (χ1) is 31.5. The molecule has 10 amide bonds. The van der Waals surface area contributed by atoms with E-state index in [1.54, 1.807) is 27.7 Å². The number of nitrogens with two attached hydrogens (primary N) is 2. The standard InChI is InChI=1S/C42H72N12O13/c1-22(2)16-29(39(63)49-24(5)36(60)48-21-34(59)54-15-9-7-11-30(54)40(64)52-27(42(66)67)10-6-8-14-43)51-33(58)20-47-41(65)35(23(3)4)53-38(62)26(12-13-31(44)56)50-32(57)19-46-37(61)28-17-25(55)18-45-28/h22-30,35,45,55H,6-21,43H2,1-5H3,(H2,44,56)(H,46,61)(H,47,65)(H,48,60)(H,49,63)(H,50,57)(H,51,58)(H,52,64)(H,53,62)(H,66,67)/t24-,25+,26-,27-,28-,29-,30-,35-/m0/s1. The van der Waals surface area contributed by atoms with Crippen LogP contribution in [0.25, 0.3) is 0 Å². The molecule has 67 heavy (non-hydrogen) atoms. The number of hydrogen-bond donors (Lipinski definition) is 13. The van der Waals surface area contributed by atoms with Crippen LogP contribution in [0, 0.1) is 11.8 Å². The van der Waals surface area contributed by atoms with Gasteiger partial charge in [-0.25, -0.2) is 4.79 Å². The van der Waals surface area contributed by atoms with E-state index in [1.807, 2.05) is 0 Å². The van der Waals surface area contributed by atoms with Gasteiger partial charge < -0.3 is 74.4 Å². The van der Waals surface area contributed by atoms with Crippen molar-refractivity contribution >= 4 is 65.0 Å². The van der Waals surface area contributed by atoms with Crippen molar-refractivity contribution in [1.29, 1.82) is 0 Å². The van der Waals surface area contributed by atoms with E-state index in [0.29, 0.717) is 38.6 Å². The summed E-state index contributed by atoms with van der Waals surface area (Å²) in [5.74, 6) is -9.07. The van der Waals surface area contributed by atoms with Crippen LogP contribution in [-0.2, 0) is 52.7 Å². The Morgan fingerprint density at radius 1 is 0.701 bits per heavy atom. The number of rotatable bonds is 28. The van der Waals surface area contributed by atoms with Gasteiger partial charge in [0.2, 0.25) is 59.1 Å². The minimum atomic E-state index is -1.35. The second kappa shape index (κ2) is 28.9. The number of nitrogens with zero attached hydrogens (tertiary/aromatic N) is 1. The van der Waals surface area contributed by atoms with Crippen molar-refractivity contribution in [2.75, 3.05) is 39.3 Å². The molecule has 0 aliphatic carbocycles. The monoisotopic (exact) mass is 953 g/mol. The van der Waals surface area contributed by atoms with E-state index in [2.05, 4.69) is 47.9 Å². The molecule has 2 fully saturated rings. The molecule has 25 nitrogen and oxygen atoms in total. The van der Waals surface area contributed by atoms with E-state index in [1.165, 1.54) is 11.8 Å². The molecule has 2 heterocycles. The molecule has 0 aromatic carbocycles. The number of primary amides is 1. The first-order valence-electron chi connectivity index (χ1n) is 22.8. The molecule has 378 valence electrons. The third kappa shape index (κ3) is 20.6. The van der Waals surface area contributed by atoms with E-state index >= 15 is 0 Å². The number of carboxylic acids is 1. The molecular weight excluding hydrogens is 881 g/mol. The van der Waals surface area contributed by atoms with Crippen molar-refractivity contribution in [3.8, 4) is 0 Å². The minimum Gasteiger partial charge on any atom is -0.480 e. The number of hydrogen-bond acceptors (Lipinski definition) is 14. The Kier molecular flexibility index (Phi) is 24.7. The normalized spacial score (nSPS) is 19.1. The molecule has 0 aromatic rings. The second-order valence-corrected chi connectivity index (χ2v) is 17.6. The third-order valence-electron chi connectivity index (χ3n) is 11.1. The van der Waals surface area contributed by atoms with Gasteiger partial charge in [0.05, 0.1) is 31.8 Å². The third-order valence-corrected chi connectivity index (χ3v) is 11.1. The van der Waals surface area contributed by atoms with Gasteiger partial charge in [-0.3, -0.25) is 47.9 Å². The summed E-state index contributed by atoms with van der Waals surface area (Å²) in [5, 5.41) is 41.9. The van der Waals surface area contributed by atoms with Gasteiger partial charge in [0.1, 0.15) is 36.3 Å². The van der Waals surface area contributed by atoms with Gasteiger partial charge in [0, 0.05) is 19.5 Å². The number of aliphatic carboxylic acids is 1. The molecule has 0 spiro atoms. The lowest BCUT2D eigenvalue weighted by Gasteiger charge is -2.35. The van der Waals surface area contributed by atoms with E-state index < -0.39 is 139 Å². The molecule has 0 saturated carbocycles. The Labute approximate surface area is 389 Å². The van der Waals surface area contributed by atoms with Crippen molar-refractivity contribution in [3.05, 3.63) is 0 Å². The van der Waals surface area contributed by atoms with Crippen molar-refractivity contribution in [1.82, 2.24) is 52.8 Å². The minimum absolute atomic E-state index is 0.125. The maximum atomic E-state index is 13.4. The number of piperidine rings is 1. The number of aliphatic hydroxyl groups excluding tert-OH is 1. The maximum absolute atomic E-state index is 13.4. The van der Waals surface area contributed by atoms with Crippen molar-refractivity contribution in [2.24, 2.45) is 23.3 Å². The molecule has 15 N–H and O–H groups in total. The van der Waals surface area contributed by atoms with Crippen LogP contribution in [0.15, 0.2) is 0 Å². The summed E-state index contributed by atoms with van der Waals surface area (Å²) in [6.45, 7) is 7.28. The van der Waals surface area contributed by atoms with E-state index in [9.17, 15) is 63.0 Å². The summed E-state index contributed by atoms with van der Waals surface area (Å²) in [6, 6.07) is -7.75. The average Bonchev–Trinajstić information content (AvgIpc) is 3.71. The fourth-order valence-corrected chi connectivity index (χ4v) is 7.34. The summed E-state index contributed by atoms with van der Waals surface area (Å²) in [4.78, 5) is 142. The molecule has 0 radical (unpaired) electrons. The number of carbonyl (C=O) groups excluding carboxylic acids is 10. The molecule has 0 unspecified atom stereocenters. The van der Waals surface area contributed by atoms with Crippen LogP contribution in [0.3, 0.4) is 0 Å². The van der Waals surface area contributed by atoms with Crippen molar-refractivity contribution in [2.45, 2.75) is 147 Å². The van der Waals surface area contributed by atoms with Gasteiger partial charge in [-0.1, -0.05) is 27.7 Å². The van der Waals surface area contributed by atoms with E-state index in [4.69, 9.17) is 11.5 Å². The highest BCUT2D eigenvalue weighted by atomic mass is 16.4. The molecule has 2 aliphatic heterocycles. The number of amides is 10. The molecule has 0 bridgehead atoms. The molecule has 2 saturated heterocycles. The summed E-state index contributed by atoms with van der Waals surface area (Å²) in [5.41, 5.74) is 10.8. The van der Waals surface area contributed by atoms with Gasteiger partial charge in [0.25, 0.3) is 0 Å². The summed E-state index contributed by atoms with van der Waals surface area (Å²) < 4.78 is 0. The first kappa shape index (κ1) is 57.2. The zero-order chi connectivity index (χ0) is 50.4. The maximum Gasteiger partial charge on any atom is 0.326 e. The molecule has 8 atom stereocenters. The number of β-amino-alcohol motifs (C(OH)–C–C–N with tert-alkyl or cyclic N) is 1. The summed E-state index contributed by atoms with van der Waals surface area (Å²) >= 11 is 0. The Morgan fingerprint density at radius 3 is 1.91 bits per heavy atom. The fraction of sp³-hybridized carbons (Fsp3) is 0.738. The van der Waals surface area contributed by atoms with E-state index in [0.717, 1.165) is 0 Å². The highest BCUT2D eigenvalue weighted by Crippen LogP contribution is 2.18. The summed E-state index contributed by atoms with van der Waals surface area (Å²) in [6.07, 6.45) is 1.78. The Bertz CT molecular complexity index is 1770. The molecular formula is C42H72N12O13. The predicted molar refractivity (Wildman–Crippen MR) is 239 cm³/mol. The fourth-order valence-electron chi connectivity index (χ4n) is 7.34. The van der Waals surface area contributed by atoms with Crippen LogP contribution in [0.4, 0.5) is 0 Å². The van der Waals surface area contributed by atoms with Crippen LogP contribution in [-0.4, -0.2) is 168 Å². The van der Waals surface area contributed by atoms with Gasteiger partial charge in [-0.2, -0.15) is 0 Å². The molecule has 2 rings (SSSR count). The SMILES string of the molecule is CC(C)C[C@H](NC(=O)CNC(=O)[C@@H](NC(=O)[C@H](CCC(N)=O)NC(=O)CNC(=O)[C@@H]1C[C@@H](O)CN1)C(C)C)C(=O)N[C@@H](C)C(=O)NCC(=O)N1CCCC[C@H]1C(=O)N[C@@H](CCCCN)C(=O)O. The van der Waals surface area contributed by atoms with Crippen LogP contribution in [0.1, 0.15) is 98.8 Å². The zero-order valence-corrected chi connectivity index (χ0v) is 39.1. The Balaban J connectivity index is 1.97. The van der Waals surface area contributed by atoms with Crippen LogP contribution in [0.5, 0.6) is 0 Å². The zero-order valence-electron chi connectivity index (χ0n) is 39.1. The Morgan fingerprint density at radius 2 is 1.33 bits per heavy atom. The topological polar surface area (TPSA) is 392 Å². The van der Waals surface area contributed by atoms with Crippen LogP contribution >= 0.6 is 0 Å². The quantitative estimate of drug-likeness (QED) is 0.0327. The number of nitrogens with one attached hydrogen (secondary N) is 9. The summed E-state index contributed by atoms with van der Waals surface area (Å²) in [7, 11) is 0. The van der Waals surface area contributed by atoms with Crippen LogP contribution in [0.2, 0.25) is 0 Å². The largest absolute Gasteiger partial charge is 0.480 e.